The van der Waals surface area contributed by atoms with Gasteiger partial charge in [-0.3, -0.25) is 9.59 Å². The van der Waals surface area contributed by atoms with Crippen LogP contribution in [0.15, 0.2) is 0 Å². The minimum Gasteiger partial charge on any atom is -0.647 e. The molecule has 0 atom stereocenters. The van der Waals surface area contributed by atoms with Crippen molar-refractivity contribution in [3.8, 4) is 0 Å². The second-order valence-corrected chi connectivity index (χ2v) is 6.05. The number of carbonyl (C=O) groups is 2. The number of nitrogens with zero attached hydrogens (tertiary/aromatic N) is 1. The van der Waals surface area contributed by atoms with Gasteiger partial charge in [0.1, 0.15) is 0 Å². The van der Waals surface area contributed by atoms with Crippen LogP contribution in [0, 0.1) is 17.8 Å². The summed E-state index contributed by atoms with van der Waals surface area (Å²) < 4.78 is 0. The molecule has 0 heterocycles. The van der Waals surface area contributed by atoms with Gasteiger partial charge in [0, 0.05) is 0 Å². The van der Waals surface area contributed by atoms with Gasteiger partial charge in [-0.1, -0.05) is 19.3 Å². The van der Waals surface area contributed by atoms with E-state index in [9.17, 15) is 4.79 Å². The number of carboxylic acids is 1. The molecule has 4 aliphatic rings. The van der Waals surface area contributed by atoms with Crippen LogP contribution in [-0.2, 0) is 31.5 Å². The summed E-state index contributed by atoms with van der Waals surface area (Å²) >= 11 is 0. The van der Waals surface area contributed by atoms with Crippen molar-refractivity contribution in [1.82, 2.24) is 0 Å². The second-order valence-electron chi connectivity index (χ2n) is 6.05. The van der Waals surface area contributed by atoms with Crippen LogP contribution in [0.2, 0.25) is 0 Å². The first-order valence-corrected chi connectivity index (χ1v) is 6.71. The molecular formula is C13H20CuNO5. The van der Waals surface area contributed by atoms with Crippen molar-refractivity contribution in [2.45, 2.75) is 44.1 Å². The topological polar surface area (TPSA) is 97.9 Å². The van der Waals surface area contributed by atoms with E-state index in [0.29, 0.717) is 0 Å². The van der Waals surface area contributed by atoms with E-state index in [1.807, 2.05) is 0 Å². The predicted molar refractivity (Wildman–Crippen MR) is 66.5 cm³/mol. The smallest absolute Gasteiger partial charge is 0.647 e. The SMILES string of the molecule is O=C(O)C[N-]C12CC3CC(CC(C3)C1)C2.O=COO.[Cu+]. The van der Waals surface area contributed by atoms with Gasteiger partial charge in [0.15, 0.2) is 0 Å². The molecule has 4 rings (SSSR count). The van der Waals surface area contributed by atoms with Crippen LogP contribution in [0.25, 0.3) is 5.32 Å². The van der Waals surface area contributed by atoms with Crippen LogP contribution in [0.5, 0.6) is 0 Å². The van der Waals surface area contributed by atoms with E-state index in [0.717, 1.165) is 17.8 Å². The molecule has 4 bridgehead atoms. The van der Waals surface area contributed by atoms with Crippen molar-refractivity contribution in [3.63, 3.8) is 0 Å². The van der Waals surface area contributed by atoms with Crippen LogP contribution in [0.1, 0.15) is 38.5 Å². The Morgan fingerprint density at radius 1 is 1.20 bits per heavy atom. The van der Waals surface area contributed by atoms with Crippen molar-refractivity contribution >= 4 is 12.4 Å². The number of carbonyl (C=O) groups excluding carboxylic acids is 1. The summed E-state index contributed by atoms with van der Waals surface area (Å²) in [4.78, 5) is 22.2. The fourth-order valence-electron chi connectivity index (χ4n) is 4.49. The van der Waals surface area contributed by atoms with Crippen molar-refractivity contribution in [2.75, 3.05) is 6.54 Å². The van der Waals surface area contributed by atoms with Crippen LogP contribution in [0.3, 0.4) is 0 Å². The van der Waals surface area contributed by atoms with Crippen LogP contribution < -0.4 is 0 Å². The van der Waals surface area contributed by atoms with Gasteiger partial charge in [0.25, 0.3) is 5.97 Å². The van der Waals surface area contributed by atoms with Gasteiger partial charge in [-0.05, 0) is 43.6 Å². The summed E-state index contributed by atoms with van der Waals surface area (Å²) in [5.41, 5.74) is 0.0765. The van der Waals surface area contributed by atoms with Crippen LogP contribution in [-0.4, -0.2) is 34.9 Å². The maximum absolute atomic E-state index is 10.6. The minimum atomic E-state index is -0.772. The maximum atomic E-state index is 10.6. The summed E-state index contributed by atoms with van der Waals surface area (Å²) in [6, 6.07) is 0. The van der Waals surface area contributed by atoms with E-state index in [1.54, 1.807) is 0 Å². The van der Waals surface area contributed by atoms with E-state index in [-0.39, 0.29) is 35.6 Å². The molecule has 0 saturated heterocycles. The zero-order valence-electron chi connectivity index (χ0n) is 11.1. The normalized spacial score (nSPS) is 36.4. The van der Waals surface area contributed by atoms with E-state index in [2.05, 4.69) is 10.2 Å². The summed E-state index contributed by atoms with van der Waals surface area (Å²) in [7, 11) is 0. The fraction of sp³-hybridized carbons (Fsp3) is 0.846. The van der Waals surface area contributed by atoms with E-state index in [4.69, 9.17) is 15.2 Å². The Morgan fingerprint density at radius 3 is 1.90 bits per heavy atom. The molecule has 4 aliphatic carbocycles. The molecule has 6 nitrogen and oxygen atoms in total. The molecule has 0 radical (unpaired) electrons. The number of aliphatic carboxylic acids is 1. The van der Waals surface area contributed by atoms with Crippen molar-refractivity contribution in [2.24, 2.45) is 17.8 Å². The van der Waals surface area contributed by atoms with Gasteiger partial charge >= 0.3 is 23.5 Å². The molecule has 0 aliphatic heterocycles. The molecule has 20 heavy (non-hydrogen) atoms. The first-order valence-electron chi connectivity index (χ1n) is 6.71. The van der Waals surface area contributed by atoms with Crippen LogP contribution >= 0.6 is 0 Å². The predicted octanol–water partition coefficient (Wildman–Crippen LogP) is 2.04. The Bertz CT molecular complexity index is 314. The van der Waals surface area contributed by atoms with E-state index in [1.165, 1.54) is 38.5 Å². The molecule has 0 aromatic carbocycles. The summed E-state index contributed by atoms with van der Waals surface area (Å²) in [5.74, 6) is 1.79. The Morgan fingerprint density at radius 2 is 1.60 bits per heavy atom. The molecule has 4 fully saturated rings. The minimum absolute atomic E-state index is 0. The Hall–Kier alpha value is -0.621. The zero-order valence-corrected chi connectivity index (χ0v) is 12.1. The first-order chi connectivity index (χ1) is 9.07. The monoisotopic (exact) mass is 333 g/mol. The molecule has 0 aromatic heterocycles. The Kier molecular flexibility index (Phi) is 6.45. The number of hydrogen-bond acceptors (Lipinski definition) is 4. The quantitative estimate of drug-likeness (QED) is 0.355. The third-order valence-corrected chi connectivity index (χ3v) is 4.60. The molecule has 0 aromatic rings. The maximum Gasteiger partial charge on any atom is 1.00 e. The number of hydrogen-bond donors (Lipinski definition) is 2. The number of carboxylic acid groups (broad SMARTS) is 1. The first kappa shape index (κ1) is 17.4. The average Bonchev–Trinajstić information content (AvgIpc) is 2.35. The van der Waals surface area contributed by atoms with Gasteiger partial charge in [-0.25, -0.2) is 5.26 Å². The molecule has 118 valence electrons. The Labute approximate surface area is 128 Å². The molecule has 2 N–H and O–H groups in total. The fourth-order valence-corrected chi connectivity index (χ4v) is 4.49. The van der Waals surface area contributed by atoms with E-state index >= 15 is 0 Å². The van der Waals surface area contributed by atoms with Crippen molar-refractivity contribution in [1.29, 1.82) is 0 Å². The number of rotatable bonds is 4. The van der Waals surface area contributed by atoms with Gasteiger partial charge in [-0.2, -0.15) is 0 Å². The summed E-state index contributed by atoms with van der Waals surface area (Å²) in [6.07, 6.45) is 7.69. The third-order valence-electron chi connectivity index (χ3n) is 4.60. The van der Waals surface area contributed by atoms with Gasteiger partial charge in [0.2, 0.25) is 0 Å². The molecular weight excluding hydrogens is 314 g/mol. The Balaban J connectivity index is 0.000000359. The van der Waals surface area contributed by atoms with Crippen molar-refractivity contribution < 1.29 is 41.9 Å². The van der Waals surface area contributed by atoms with Gasteiger partial charge in [0.05, 0.1) is 0 Å². The molecule has 0 unspecified atom stereocenters. The molecule has 0 spiro atoms. The zero-order chi connectivity index (χ0) is 13.9. The van der Waals surface area contributed by atoms with Gasteiger partial charge in [-0.15, -0.1) is 5.54 Å². The average molecular weight is 334 g/mol. The second kappa shape index (κ2) is 7.41. The van der Waals surface area contributed by atoms with Crippen LogP contribution in [0.4, 0.5) is 0 Å². The molecule has 7 heteroatoms. The van der Waals surface area contributed by atoms with Crippen molar-refractivity contribution in [3.05, 3.63) is 5.32 Å². The van der Waals surface area contributed by atoms with E-state index < -0.39 is 5.97 Å². The summed E-state index contributed by atoms with van der Waals surface area (Å²) in [5, 5.41) is 20.2. The van der Waals surface area contributed by atoms with Gasteiger partial charge < -0.3 is 15.3 Å². The molecule has 0 amide bonds. The molecule has 4 saturated carbocycles. The standard InChI is InChI=1S/C12H18NO2.CH2O3.Cu/c14-11(15)7-13-12-4-8-1-9(5-12)3-10(2-8)6-12;2-1-4-3;/h8-10H,1-7H2,(H,14,15);1,3H;/q-1;;+1. The largest absolute Gasteiger partial charge is 1.00 e. The third kappa shape index (κ3) is 4.18. The summed E-state index contributed by atoms with van der Waals surface area (Å²) in [6.45, 7) is -0.0494.